The topological polar surface area (TPSA) is 0 Å². The summed E-state index contributed by atoms with van der Waals surface area (Å²) in [7, 11) is -0.967. The fraction of sp³-hybridized carbons (Fsp3) is 0.250. The molecule has 2 heteroatoms. The number of halogens is 1. The summed E-state index contributed by atoms with van der Waals surface area (Å²) in [6.07, 6.45) is 5.40. The van der Waals surface area contributed by atoms with E-state index in [1.165, 1.54) is 0 Å². The molecule has 0 atom stereocenters. The summed E-state index contributed by atoms with van der Waals surface area (Å²) in [5.41, 5.74) is 0. The Hall–Kier alpha value is -0.273. The van der Waals surface area contributed by atoms with Crippen molar-refractivity contribution in [3.63, 3.8) is 0 Å². The molecular weight excluding hydrogens is 160 g/mol. The molecule has 0 bridgehead atoms. The van der Waals surface area contributed by atoms with Crippen LogP contribution in [0.1, 0.15) is 0 Å². The maximum absolute atomic E-state index is 5.99. The molecule has 0 aliphatic rings. The van der Waals surface area contributed by atoms with Crippen molar-refractivity contribution in [3.8, 4) is 0 Å². The highest BCUT2D eigenvalue weighted by atomic mass is 35.6. The Morgan fingerprint density at radius 2 is 1.50 bits per heavy atom. The minimum Gasteiger partial charge on any atom is -0.168 e. The maximum atomic E-state index is 5.99. The summed E-state index contributed by atoms with van der Waals surface area (Å²) in [5.74, 6) is 0. The minimum absolute atomic E-state index is 0.216. The van der Waals surface area contributed by atoms with Gasteiger partial charge in [0.15, 0.2) is 8.11 Å². The van der Waals surface area contributed by atoms with E-state index in [1.807, 2.05) is 6.55 Å². The summed E-state index contributed by atoms with van der Waals surface area (Å²) in [5, 5.41) is -0.216. The molecule has 0 unspecified atom stereocenters. The molecule has 0 saturated carbocycles. The quantitative estimate of drug-likeness (QED) is 0.347. The molecule has 0 heterocycles. The van der Waals surface area contributed by atoms with Crippen molar-refractivity contribution in [2.45, 2.75) is 11.6 Å². The highest BCUT2D eigenvalue weighted by Gasteiger charge is 2.26. The lowest BCUT2D eigenvalue weighted by atomic mass is 10.1. The van der Waals surface area contributed by atoms with Crippen LogP contribution < -0.4 is 0 Å². The van der Waals surface area contributed by atoms with Crippen LogP contribution in [0.3, 0.4) is 0 Å². The molecule has 0 aromatic heterocycles. The molecule has 10 heavy (non-hydrogen) atoms. The van der Waals surface area contributed by atoms with Gasteiger partial charge >= 0.3 is 0 Å². The van der Waals surface area contributed by atoms with E-state index < -0.39 is 8.11 Å². The molecule has 0 nitrogen and oxygen atoms in total. The third-order valence-electron chi connectivity index (χ3n) is 1.61. The van der Waals surface area contributed by atoms with Crippen molar-refractivity contribution in [1.29, 1.82) is 0 Å². The van der Waals surface area contributed by atoms with Crippen LogP contribution in [-0.4, -0.2) is 8.11 Å². The summed E-state index contributed by atoms with van der Waals surface area (Å²) >= 11 is 5.99. The Labute approximate surface area is 69.2 Å². The second-order valence-corrected chi connectivity index (χ2v) is 5.71. The zero-order valence-electron chi connectivity index (χ0n) is 6.23. The van der Waals surface area contributed by atoms with E-state index in [2.05, 4.69) is 19.7 Å². The van der Waals surface area contributed by atoms with Crippen molar-refractivity contribution in [2.24, 2.45) is 0 Å². The first kappa shape index (κ1) is 9.73. The van der Waals surface area contributed by atoms with Gasteiger partial charge in [0.1, 0.15) is 0 Å². The van der Waals surface area contributed by atoms with Gasteiger partial charge in [-0.1, -0.05) is 24.8 Å². The van der Waals surface area contributed by atoms with Gasteiger partial charge in [0, 0.05) is 5.04 Å². The predicted molar refractivity (Wildman–Crippen MR) is 50.8 cm³/mol. The smallest absolute Gasteiger partial charge is 0.168 e. The molecule has 0 rings (SSSR count). The fourth-order valence-electron chi connectivity index (χ4n) is 0.672. The summed E-state index contributed by atoms with van der Waals surface area (Å²) < 4.78 is 0. The molecule has 0 aromatic carbocycles. The monoisotopic (exact) mass is 171 g/mol. The molecule has 55 valence electrons. The van der Waals surface area contributed by atoms with Crippen LogP contribution in [0.5, 0.6) is 0 Å². The van der Waals surface area contributed by atoms with E-state index in [1.54, 1.807) is 18.2 Å². The fourth-order valence-corrected chi connectivity index (χ4v) is 2.21. The molecule has 1 radical (unpaired) electrons. The molecule has 0 amide bonds. The largest absolute Gasteiger partial charge is 0.180 e. The van der Waals surface area contributed by atoms with Crippen molar-refractivity contribution < 1.29 is 0 Å². The third-order valence-corrected chi connectivity index (χ3v) is 4.40. The average molecular weight is 172 g/mol. The zero-order chi connectivity index (χ0) is 8.20. The van der Waals surface area contributed by atoms with Crippen LogP contribution in [0, 0.1) is 0 Å². The summed E-state index contributed by atoms with van der Waals surface area (Å²) in [6, 6.07) is 0. The zero-order valence-corrected chi connectivity index (χ0v) is 7.99. The average Bonchev–Trinajstić information content (AvgIpc) is 1.92. The van der Waals surface area contributed by atoms with Gasteiger partial charge in [-0.15, -0.1) is 19.7 Å². The number of rotatable bonds is 4. The summed E-state index contributed by atoms with van der Waals surface area (Å²) in [4.78, 5) is 0. The second-order valence-electron chi connectivity index (χ2n) is 2.08. The number of hydrogen-bond donors (Lipinski definition) is 0. The molecule has 0 spiro atoms. The van der Waals surface area contributed by atoms with Crippen LogP contribution in [0.4, 0.5) is 0 Å². The van der Waals surface area contributed by atoms with Crippen molar-refractivity contribution in [1.82, 2.24) is 0 Å². The lowest BCUT2D eigenvalue weighted by Crippen LogP contribution is -2.17. The SMILES string of the molecule is C=CC(C=C)(C=C)[Si](C)Cl. The van der Waals surface area contributed by atoms with Crippen LogP contribution in [-0.2, 0) is 0 Å². The van der Waals surface area contributed by atoms with E-state index in [9.17, 15) is 0 Å². The van der Waals surface area contributed by atoms with Crippen molar-refractivity contribution in [2.75, 3.05) is 0 Å². The van der Waals surface area contributed by atoms with E-state index in [-0.39, 0.29) is 5.04 Å². The van der Waals surface area contributed by atoms with Crippen molar-refractivity contribution >= 4 is 19.2 Å². The Kier molecular flexibility index (Phi) is 3.69. The van der Waals surface area contributed by atoms with Gasteiger partial charge in [0.25, 0.3) is 0 Å². The second kappa shape index (κ2) is 3.79. The first-order valence-electron chi connectivity index (χ1n) is 3.03. The Morgan fingerprint density at radius 1 is 1.20 bits per heavy atom. The highest BCUT2D eigenvalue weighted by Crippen LogP contribution is 2.35. The lowest BCUT2D eigenvalue weighted by Gasteiger charge is -2.22. The Balaban J connectivity index is 4.62. The van der Waals surface area contributed by atoms with Gasteiger partial charge in [0.2, 0.25) is 0 Å². The maximum Gasteiger partial charge on any atom is 0.180 e. The van der Waals surface area contributed by atoms with Gasteiger partial charge in [-0.05, 0) is 0 Å². The van der Waals surface area contributed by atoms with E-state index in [0.29, 0.717) is 0 Å². The van der Waals surface area contributed by atoms with Gasteiger partial charge in [0.05, 0.1) is 0 Å². The van der Waals surface area contributed by atoms with Gasteiger partial charge < -0.3 is 0 Å². The van der Waals surface area contributed by atoms with Crippen LogP contribution in [0.15, 0.2) is 38.0 Å². The number of allylic oxidation sites excluding steroid dienone is 3. The normalized spacial score (nSPS) is 11.1. The van der Waals surface area contributed by atoms with Gasteiger partial charge in [-0.2, -0.15) is 11.1 Å². The van der Waals surface area contributed by atoms with E-state index >= 15 is 0 Å². The Morgan fingerprint density at radius 3 is 1.50 bits per heavy atom. The first-order valence-corrected chi connectivity index (χ1v) is 6.04. The van der Waals surface area contributed by atoms with Crippen LogP contribution >= 0.6 is 11.1 Å². The van der Waals surface area contributed by atoms with Crippen LogP contribution in [0.25, 0.3) is 0 Å². The van der Waals surface area contributed by atoms with Crippen LogP contribution in [0.2, 0.25) is 11.6 Å². The minimum atomic E-state index is -0.967. The lowest BCUT2D eigenvalue weighted by molar-refractivity contribution is 1.08. The third kappa shape index (κ3) is 1.61. The van der Waals surface area contributed by atoms with E-state index in [0.717, 1.165) is 0 Å². The summed E-state index contributed by atoms with van der Waals surface area (Å²) in [6.45, 7) is 13.1. The van der Waals surface area contributed by atoms with Gasteiger partial charge in [-0.25, -0.2) is 0 Å². The highest BCUT2D eigenvalue weighted by molar-refractivity contribution is 7.08. The Bertz CT molecular complexity index is 128. The molecule has 0 aliphatic heterocycles. The molecule has 0 fully saturated rings. The van der Waals surface area contributed by atoms with Crippen molar-refractivity contribution in [3.05, 3.63) is 38.0 Å². The molecule has 0 saturated heterocycles. The standard InChI is InChI=1S/C8H12ClSi/c1-5-8(6-2,7-3)10(4)9/h5-7H,1-3H2,4H3. The van der Waals surface area contributed by atoms with E-state index in [4.69, 9.17) is 11.1 Å². The van der Waals surface area contributed by atoms with Gasteiger partial charge in [-0.3, -0.25) is 0 Å². The predicted octanol–water partition coefficient (Wildman–Crippen LogP) is 3.14. The number of hydrogen-bond acceptors (Lipinski definition) is 0. The molecular formula is C8H12ClSi. The first-order chi connectivity index (χ1) is 4.63. The molecule has 0 N–H and O–H groups in total. The molecule has 0 aliphatic carbocycles. The molecule has 0 aromatic rings.